The first-order valence-electron chi connectivity index (χ1n) is 8.51. The first kappa shape index (κ1) is 20.2. The Hall–Kier alpha value is -0.830. The highest BCUT2D eigenvalue weighted by Crippen LogP contribution is 2.10. The monoisotopic (exact) mass is 298 g/mol. The summed E-state index contributed by atoms with van der Waals surface area (Å²) in [5.74, 6) is 0.248. The average molecular weight is 298 g/mol. The third kappa shape index (κ3) is 15.4. The van der Waals surface area contributed by atoms with E-state index in [0.29, 0.717) is 18.8 Å². The van der Waals surface area contributed by atoms with Crippen molar-refractivity contribution < 1.29 is 14.6 Å². The zero-order chi connectivity index (χ0) is 15.9. The molecule has 0 rings (SSSR count). The van der Waals surface area contributed by atoms with Crippen molar-refractivity contribution in [1.29, 1.82) is 0 Å². The topological polar surface area (TPSA) is 46.5 Å². The van der Waals surface area contributed by atoms with Gasteiger partial charge in [0.25, 0.3) is 0 Å². The third-order valence-electron chi connectivity index (χ3n) is 3.42. The Morgan fingerprint density at radius 2 is 1.71 bits per heavy atom. The number of carbonyl (C=O) groups is 1. The second-order valence-electron chi connectivity index (χ2n) is 6.20. The van der Waals surface area contributed by atoms with E-state index in [1.807, 2.05) is 13.8 Å². The van der Waals surface area contributed by atoms with Gasteiger partial charge in [0.1, 0.15) is 6.61 Å². The molecule has 0 amide bonds. The van der Waals surface area contributed by atoms with Gasteiger partial charge in [0.15, 0.2) is 0 Å². The van der Waals surface area contributed by atoms with Gasteiger partial charge >= 0.3 is 5.97 Å². The molecule has 3 heteroatoms. The minimum Gasteiger partial charge on any atom is -0.463 e. The van der Waals surface area contributed by atoms with E-state index >= 15 is 0 Å². The maximum atomic E-state index is 11.5. The Morgan fingerprint density at radius 3 is 2.33 bits per heavy atom. The van der Waals surface area contributed by atoms with Crippen LogP contribution in [0.25, 0.3) is 0 Å². The molecule has 0 aliphatic rings. The molecule has 1 atom stereocenters. The summed E-state index contributed by atoms with van der Waals surface area (Å²) in [5, 5.41) is 9.62. The molecule has 1 unspecified atom stereocenters. The molecule has 0 aromatic heterocycles. The van der Waals surface area contributed by atoms with Gasteiger partial charge in [-0.25, -0.2) is 0 Å². The van der Waals surface area contributed by atoms with Gasteiger partial charge in [-0.3, -0.25) is 4.79 Å². The van der Waals surface area contributed by atoms with Gasteiger partial charge in [0.05, 0.1) is 6.10 Å². The quantitative estimate of drug-likeness (QED) is 0.306. The molecule has 0 radical (unpaired) electrons. The molecule has 0 heterocycles. The predicted molar refractivity (Wildman–Crippen MR) is 88.2 cm³/mol. The number of aliphatic hydroxyl groups excluding tert-OH is 1. The number of allylic oxidation sites excluding steroid dienone is 2. The van der Waals surface area contributed by atoms with Crippen LogP contribution in [0.15, 0.2) is 12.2 Å². The van der Waals surface area contributed by atoms with Gasteiger partial charge in [0.2, 0.25) is 0 Å². The van der Waals surface area contributed by atoms with Gasteiger partial charge in [-0.15, -0.1) is 0 Å². The van der Waals surface area contributed by atoms with E-state index in [1.165, 1.54) is 32.1 Å². The summed E-state index contributed by atoms with van der Waals surface area (Å²) >= 11 is 0. The van der Waals surface area contributed by atoms with Crippen molar-refractivity contribution in [1.82, 2.24) is 0 Å². The number of hydrogen-bond donors (Lipinski definition) is 1. The zero-order valence-electron chi connectivity index (χ0n) is 14.1. The summed E-state index contributed by atoms with van der Waals surface area (Å²) in [5.41, 5.74) is 0. The van der Waals surface area contributed by atoms with Crippen molar-refractivity contribution in [2.75, 3.05) is 6.61 Å². The lowest BCUT2D eigenvalue weighted by molar-refractivity contribution is -0.147. The van der Waals surface area contributed by atoms with Crippen LogP contribution in [0.1, 0.15) is 78.6 Å². The molecule has 0 aliphatic carbocycles. The minimum absolute atomic E-state index is 0.141. The Balaban J connectivity index is 3.34. The first-order chi connectivity index (χ1) is 10.1. The average Bonchev–Trinajstić information content (AvgIpc) is 2.42. The fourth-order valence-electron chi connectivity index (χ4n) is 2.28. The summed E-state index contributed by atoms with van der Waals surface area (Å²) < 4.78 is 5.08. The fraction of sp³-hybridized carbons (Fsp3) is 0.833. The number of rotatable bonds is 13. The highest BCUT2D eigenvalue weighted by atomic mass is 16.5. The van der Waals surface area contributed by atoms with Crippen LogP contribution >= 0.6 is 0 Å². The van der Waals surface area contributed by atoms with Gasteiger partial charge in [-0.2, -0.15) is 0 Å². The third-order valence-corrected chi connectivity index (χ3v) is 3.42. The number of esters is 1. The predicted octanol–water partition coefficient (Wildman–Crippen LogP) is 4.63. The summed E-state index contributed by atoms with van der Waals surface area (Å²) in [7, 11) is 0. The van der Waals surface area contributed by atoms with Crippen molar-refractivity contribution >= 4 is 5.97 Å². The molecule has 0 bridgehead atoms. The molecule has 124 valence electrons. The molecule has 0 aromatic carbocycles. The molecule has 1 N–H and O–H groups in total. The van der Waals surface area contributed by atoms with Crippen molar-refractivity contribution in [3.63, 3.8) is 0 Å². The van der Waals surface area contributed by atoms with Crippen LogP contribution in [-0.4, -0.2) is 23.8 Å². The van der Waals surface area contributed by atoms with Crippen LogP contribution in [0.2, 0.25) is 0 Å². The lowest BCUT2D eigenvalue weighted by atomic mass is 10.1. The molecular formula is C18H34O3. The Bertz CT molecular complexity index is 272. The van der Waals surface area contributed by atoms with Gasteiger partial charge in [-0.05, 0) is 38.5 Å². The maximum Gasteiger partial charge on any atom is 0.305 e. The van der Waals surface area contributed by atoms with Gasteiger partial charge in [0, 0.05) is 6.42 Å². The first-order valence-corrected chi connectivity index (χ1v) is 8.51. The van der Waals surface area contributed by atoms with E-state index in [0.717, 1.165) is 12.8 Å². The summed E-state index contributed by atoms with van der Waals surface area (Å²) in [6, 6.07) is 0. The van der Waals surface area contributed by atoms with Crippen molar-refractivity contribution in [2.45, 2.75) is 84.7 Å². The lowest BCUT2D eigenvalue weighted by Crippen LogP contribution is -2.20. The molecule has 0 spiro atoms. The molecule has 3 nitrogen and oxygen atoms in total. The van der Waals surface area contributed by atoms with Crippen LogP contribution in [0.4, 0.5) is 0 Å². The van der Waals surface area contributed by atoms with Gasteiger partial charge < -0.3 is 9.84 Å². The maximum absolute atomic E-state index is 11.5. The summed E-state index contributed by atoms with van der Waals surface area (Å²) in [6.45, 7) is 6.29. The molecule has 0 fully saturated rings. The smallest absolute Gasteiger partial charge is 0.305 e. The molecule has 0 aliphatic heterocycles. The van der Waals surface area contributed by atoms with E-state index in [9.17, 15) is 9.90 Å². The normalized spacial score (nSPS) is 13.0. The zero-order valence-corrected chi connectivity index (χ0v) is 14.1. The van der Waals surface area contributed by atoms with E-state index in [1.54, 1.807) is 0 Å². The van der Waals surface area contributed by atoms with Gasteiger partial charge in [-0.1, -0.05) is 51.7 Å². The van der Waals surface area contributed by atoms with E-state index < -0.39 is 6.10 Å². The number of unbranched alkanes of at least 4 members (excludes halogenated alkanes) is 6. The Kier molecular flexibility index (Phi) is 13.6. The summed E-state index contributed by atoms with van der Waals surface area (Å²) in [6.07, 6.45) is 13.1. The number of aliphatic hydroxyl groups is 1. The van der Waals surface area contributed by atoms with Crippen molar-refractivity contribution in [3.05, 3.63) is 12.2 Å². The molecular weight excluding hydrogens is 264 g/mol. The van der Waals surface area contributed by atoms with Crippen molar-refractivity contribution in [2.24, 2.45) is 5.92 Å². The standard InChI is InChI=1S/C18H34O3/c1-4-5-6-7-8-9-10-11-12-13-18(20)21-15-17(19)14-16(2)3/h4-5,16-17,19H,6-15H2,1-3H3/b5-4-. The SMILES string of the molecule is C/C=C\CCCCCCCCC(=O)OCC(O)CC(C)C. The molecule has 21 heavy (non-hydrogen) atoms. The molecule has 0 saturated heterocycles. The number of carbonyl (C=O) groups excluding carboxylic acids is 1. The Morgan fingerprint density at radius 1 is 1.10 bits per heavy atom. The highest BCUT2D eigenvalue weighted by Gasteiger charge is 2.10. The van der Waals surface area contributed by atoms with Crippen LogP contribution in [-0.2, 0) is 9.53 Å². The number of hydrogen-bond acceptors (Lipinski definition) is 3. The number of ether oxygens (including phenoxy) is 1. The summed E-state index contributed by atoms with van der Waals surface area (Å²) in [4.78, 5) is 11.5. The second kappa shape index (κ2) is 14.1. The lowest BCUT2D eigenvalue weighted by Gasteiger charge is -2.13. The fourth-order valence-corrected chi connectivity index (χ4v) is 2.28. The van der Waals surface area contributed by atoms with Crippen LogP contribution in [0.5, 0.6) is 0 Å². The largest absolute Gasteiger partial charge is 0.463 e. The molecule has 0 aromatic rings. The van der Waals surface area contributed by atoms with Crippen molar-refractivity contribution in [3.8, 4) is 0 Å². The van der Waals surface area contributed by atoms with Crippen LogP contribution in [0.3, 0.4) is 0 Å². The van der Waals surface area contributed by atoms with Crippen LogP contribution in [0, 0.1) is 5.92 Å². The van der Waals surface area contributed by atoms with Crippen LogP contribution < -0.4 is 0 Å². The van der Waals surface area contributed by atoms with E-state index in [4.69, 9.17) is 4.74 Å². The highest BCUT2D eigenvalue weighted by molar-refractivity contribution is 5.69. The minimum atomic E-state index is -0.522. The Labute approximate surface area is 130 Å². The second-order valence-corrected chi connectivity index (χ2v) is 6.20. The van der Waals surface area contributed by atoms with E-state index in [2.05, 4.69) is 19.1 Å². The molecule has 0 saturated carbocycles. The van der Waals surface area contributed by atoms with E-state index in [-0.39, 0.29) is 12.6 Å².